The molecule has 0 saturated heterocycles. The summed E-state index contributed by atoms with van der Waals surface area (Å²) >= 11 is 0. The molecule has 0 heterocycles. The summed E-state index contributed by atoms with van der Waals surface area (Å²) < 4.78 is 12.8. The first-order valence-electron chi connectivity index (χ1n) is 6.21. The Kier molecular flexibility index (Phi) is 3.98. The molecule has 2 aromatic rings. The number of nitrogens with one attached hydrogen (secondary N) is 1. The van der Waals surface area contributed by atoms with E-state index in [2.05, 4.69) is 5.32 Å². The highest BCUT2D eigenvalue weighted by molar-refractivity contribution is 6.05. The summed E-state index contributed by atoms with van der Waals surface area (Å²) in [6.07, 6.45) is 0. The summed E-state index contributed by atoms with van der Waals surface area (Å²) in [5.74, 6) is -0.981. The Morgan fingerprint density at radius 2 is 1.71 bits per heavy atom. The van der Waals surface area contributed by atoms with Gasteiger partial charge in [0.15, 0.2) is 0 Å². The fraction of sp³-hybridized carbons (Fsp3) is 0.133. The highest BCUT2D eigenvalue weighted by atomic mass is 19.1. The number of nitrogens with zero attached hydrogens (tertiary/aromatic N) is 1. The third-order valence-corrected chi connectivity index (χ3v) is 3.16. The van der Waals surface area contributed by atoms with E-state index in [0.29, 0.717) is 0 Å². The van der Waals surface area contributed by atoms with E-state index >= 15 is 0 Å². The molecule has 0 aliphatic heterocycles. The van der Waals surface area contributed by atoms with Crippen molar-refractivity contribution in [2.45, 2.75) is 13.8 Å². The third kappa shape index (κ3) is 3.22. The number of hydrogen-bond acceptors (Lipinski definition) is 3. The maximum absolute atomic E-state index is 12.8. The van der Waals surface area contributed by atoms with Gasteiger partial charge in [-0.15, -0.1) is 0 Å². The van der Waals surface area contributed by atoms with Gasteiger partial charge in [0.1, 0.15) is 11.5 Å². The van der Waals surface area contributed by atoms with Crippen LogP contribution in [-0.2, 0) is 0 Å². The molecule has 0 aromatic heterocycles. The van der Waals surface area contributed by atoms with Crippen molar-refractivity contribution in [1.82, 2.24) is 0 Å². The van der Waals surface area contributed by atoms with Crippen LogP contribution in [0.2, 0.25) is 0 Å². The van der Waals surface area contributed by atoms with E-state index < -0.39 is 16.6 Å². The van der Waals surface area contributed by atoms with Crippen LogP contribution in [0.3, 0.4) is 0 Å². The Bertz CT molecular complexity index is 712. The minimum Gasteiger partial charge on any atom is -0.316 e. The minimum atomic E-state index is -0.549. The van der Waals surface area contributed by atoms with E-state index in [1.807, 2.05) is 0 Å². The van der Waals surface area contributed by atoms with E-state index in [9.17, 15) is 19.3 Å². The predicted octanol–water partition coefficient (Wildman–Crippen LogP) is 3.60. The predicted molar refractivity (Wildman–Crippen MR) is 76.9 cm³/mol. The lowest BCUT2D eigenvalue weighted by Gasteiger charge is -2.09. The summed E-state index contributed by atoms with van der Waals surface area (Å²) in [6, 6.07) is 7.91. The highest BCUT2D eigenvalue weighted by Gasteiger charge is 2.18. The number of benzene rings is 2. The van der Waals surface area contributed by atoms with Crippen molar-refractivity contribution in [3.8, 4) is 0 Å². The van der Waals surface area contributed by atoms with Gasteiger partial charge >= 0.3 is 0 Å². The Balaban J connectivity index is 2.34. The molecule has 21 heavy (non-hydrogen) atoms. The van der Waals surface area contributed by atoms with Crippen molar-refractivity contribution in [3.63, 3.8) is 0 Å². The number of hydrogen-bond donors (Lipinski definition) is 1. The standard InChI is InChI=1S/C15H13FN2O3/c1-9-7-13(14(18(20)21)8-10(9)2)17-15(19)11-3-5-12(16)6-4-11/h3-8H,1-2H3,(H,17,19). The molecule has 2 rings (SSSR count). The maximum atomic E-state index is 12.8. The molecule has 5 nitrogen and oxygen atoms in total. The molecule has 0 atom stereocenters. The van der Waals surface area contributed by atoms with Crippen LogP contribution in [-0.4, -0.2) is 10.8 Å². The number of aryl methyl sites for hydroxylation is 2. The quantitative estimate of drug-likeness (QED) is 0.692. The summed E-state index contributed by atoms with van der Waals surface area (Å²) in [6.45, 7) is 3.56. The van der Waals surface area contributed by atoms with Crippen LogP contribution in [0.1, 0.15) is 21.5 Å². The second kappa shape index (κ2) is 5.70. The van der Waals surface area contributed by atoms with Crippen molar-refractivity contribution in [3.05, 3.63) is 69.0 Å². The topological polar surface area (TPSA) is 72.2 Å². The zero-order valence-corrected chi connectivity index (χ0v) is 11.5. The largest absolute Gasteiger partial charge is 0.316 e. The van der Waals surface area contributed by atoms with E-state index in [1.54, 1.807) is 19.9 Å². The van der Waals surface area contributed by atoms with E-state index in [-0.39, 0.29) is 16.9 Å². The number of nitro benzene ring substituents is 1. The van der Waals surface area contributed by atoms with Gasteiger partial charge in [-0.2, -0.15) is 0 Å². The molecule has 0 fully saturated rings. The molecule has 0 bridgehead atoms. The van der Waals surface area contributed by atoms with Crippen LogP contribution in [0.15, 0.2) is 36.4 Å². The molecule has 2 aromatic carbocycles. The summed E-state index contributed by atoms with van der Waals surface area (Å²) in [5, 5.41) is 13.5. The van der Waals surface area contributed by atoms with Gasteiger partial charge in [0, 0.05) is 11.6 Å². The monoisotopic (exact) mass is 288 g/mol. The van der Waals surface area contributed by atoms with Crippen LogP contribution in [0.4, 0.5) is 15.8 Å². The van der Waals surface area contributed by atoms with Gasteiger partial charge in [0.05, 0.1) is 4.92 Å². The smallest absolute Gasteiger partial charge is 0.293 e. The Morgan fingerprint density at radius 1 is 1.14 bits per heavy atom. The number of nitro groups is 1. The number of carbonyl (C=O) groups is 1. The lowest BCUT2D eigenvalue weighted by atomic mass is 10.1. The van der Waals surface area contributed by atoms with Crippen molar-refractivity contribution < 1.29 is 14.1 Å². The molecule has 1 N–H and O–H groups in total. The van der Waals surface area contributed by atoms with Gasteiger partial charge in [-0.3, -0.25) is 14.9 Å². The van der Waals surface area contributed by atoms with Gasteiger partial charge < -0.3 is 5.32 Å². The van der Waals surface area contributed by atoms with Gasteiger partial charge in [0.2, 0.25) is 0 Å². The number of rotatable bonds is 3. The third-order valence-electron chi connectivity index (χ3n) is 3.16. The molecule has 0 aliphatic rings. The second-order valence-electron chi connectivity index (χ2n) is 4.67. The molecule has 108 valence electrons. The molecule has 0 radical (unpaired) electrons. The van der Waals surface area contributed by atoms with E-state index in [0.717, 1.165) is 23.3 Å². The summed E-state index contributed by atoms with van der Waals surface area (Å²) in [5.41, 5.74) is 1.77. The normalized spacial score (nSPS) is 10.2. The van der Waals surface area contributed by atoms with Crippen molar-refractivity contribution in [1.29, 1.82) is 0 Å². The zero-order chi connectivity index (χ0) is 15.6. The molecule has 0 aliphatic carbocycles. The fourth-order valence-corrected chi connectivity index (χ4v) is 1.85. The van der Waals surface area contributed by atoms with Crippen molar-refractivity contribution in [2.24, 2.45) is 0 Å². The number of amides is 1. The van der Waals surface area contributed by atoms with Crippen molar-refractivity contribution >= 4 is 17.3 Å². The molecule has 6 heteroatoms. The van der Waals surface area contributed by atoms with Crippen LogP contribution < -0.4 is 5.32 Å². The average Bonchev–Trinajstić information content (AvgIpc) is 2.43. The van der Waals surface area contributed by atoms with Gasteiger partial charge in [-0.1, -0.05) is 0 Å². The highest BCUT2D eigenvalue weighted by Crippen LogP contribution is 2.28. The number of anilines is 1. The molecule has 0 saturated carbocycles. The lowest BCUT2D eigenvalue weighted by Crippen LogP contribution is -2.13. The zero-order valence-electron chi connectivity index (χ0n) is 11.5. The first kappa shape index (κ1) is 14.6. The lowest BCUT2D eigenvalue weighted by molar-refractivity contribution is -0.384. The number of halogens is 1. The van der Waals surface area contributed by atoms with Crippen LogP contribution in [0.25, 0.3) is 0 Å². The SMILES string of the molecule is Cc1cc(NC(=O)c2ccc(F)cc2)c([N+](=O)[O-])cc1C. The summed E-state index contributed by atoms with van der Waals surface area (Å²) in [7, 11) is 0. The van der Waals surface area contributed by atoms with Gasteiger partial charge in [-0.05, 0) is 55.3 Å². The molecule has 0 spiro atoms. The van der Waals surface area contributed by atoms with Crippen LogP contribution in [0, 0.1) is 29.8 Å². The van der Waals surface area contributed by atoms with Gasteiger partial charge in [-0.25, -0.2) is 4.39 Å². The Hall–Kier alpha value is -2.76. The average molecular weight is 288 g/mol. The first-order valence-corrected chi connectivity index (χ1v) is 6.21. The number of carbonyl (C=O) groups excluding carboxylic acids is 1. The molecular formula is C15H13FN2O3. The molecule has 1 amide bonds. The van der Waals surface area contributed by atoms with E-state index in [4.69, 9.17) is 0 Å². The van der Waals surface area contributed by atoms with Crippen LogP contribution >= 0.6 is 0 Å². The molecular weight excluding hydrogens is 275 g/mol. The summed E-state index contributed by atoms with van der Waals surface area (Å²) in [4.78, 5) is 22.5. The second-order valence-corrected chi connectivity index (χ2v) is 4.67. The maximum Gasteiger partial charge on any atom is 0.293 e. The molecule has 0 unspecified atom stereocenters. The van der Waals surface area contributed by atoms with Crippen LogP contribution in [0.5, 0.6) is 0 Å². The van der Waals surface area contributed by atoms with E-state index in [1.165, 1.54) is 18.2 Å². The van der Waals surface area contributed by atoms with Crippen molar-refractivity contribution in [2.75, 3.05) is 5.32 Å². The Labute approximate surface area is 120 Å². The minimum absolute atomic E-state index is 0.123. The van der Waals surface area contributed by atoms with Gasteiger partial charge in [0.25, 0.3) is 11.6 Å². The first-order chi connectivity index (χ1) is 9.88. The fourth-order valence-electron chi connectivity index (χ4n) is 1.85. The Morgan fingerprint density at radius 3 is 2.29 bits per heavy atom.